The van der Waals surface area contributed by atoms with E-state index in [1.54, 1.807) is 32.2 Å². The molecule has 7 heteroatoms. The number of benzene rings is 3. The van der Waals surface area contributed by atoms with Crippen molar-refractivity contribution in [1.29, 1.82) is 0 Å². The molecule has 0 fully saturated rings. The number of rotatable bonds is 8. The summed E-state index contributed by atoms with van der Waals surface area (Å²) in [4.78, 5) is 25.7. The molecule has 1 aliphatic rings. The summed E-state index contributed by atoms with van der Waals surface area (Å²) in [6.07, 6.45) is 0. The lowest BCUT2D eigenvalue weighted by Crippen LogP contribution is -2.45. The van der Waals surface area contributed by atoms with E-state index in [0.29, 0.717) is 40.5 Å². The quantitative estimate of drug-likeness (QED) is 0.455. The monoisotopic (exact) mass is 472 g/mol. The van der Waals surface area contributed by atoms with E-state index in [4.69, 9.17) is 14.2 Å². The van der Waals surface area contributed by atoms with Crippen LogP contribution < -0.4 is 20.1 Å². The second kappa shape index (κ2) is 10.8. The van der Waals surface area contributed by atoms with Crippen molar-refractivity contribution in [2.45, 2.75) is 26.5 Å². The Hall–Kier alpha value is -4.26. The van der Waals surface area contributed by atoms with Gasteiger partial charge in [-0.2, -0.15) is 0 Å². The molecule has 1 heterocycles. The molecule has 4 rings (SSSR count). The van der Waals surface area contributed by atoms with E-state index in [1.807, 2.05) is 61.5 Å². The molecule has 0 aromatic heterocycles. The van der Waals surface area contributed by atoms with Gasteiger partial charge in [0.2, 0.25) is 0 Å². The molecular formula is C28H28N2O5. The maximum atomic E-state index is 13.1. The van der Waals surface area contributed by atoms with Gasteiger partial charge in [0.15, 0.2) is 11.5 Å². The summed E-state index contributed by atoms with van der Waals surface area (Å²) in [5.41, 5.74) is 4.28. The first kappa shape index (κ1) is 23.9. The van der Waals surface area contributed by atoms with E-state index >= 15 is 0 Å². The summed E-state index contributed by atoms with van der Waals surface area (Å²) in [7, 11) is 1.57. The predicted molar refractivity (Wildman–Crippen MR) is 133 cm³/mol. The van der Waals surface area contributed by atoms with Crippen LogP contribution in [0.3, 0.4) is 0 Å². The minimum Gasteiger partial charge on any atom is -0.493 e. The van der Waals surface area contributed by atoms with Gasteiger partial charge < -0.3 is 24.8 Å². The Labute approximate surface area is 204 Å². The number of hydrogen-bond donors (Lipinski definition) is 2. The van der Waals surface area contributed by atoms with Gasteiger partial charge in [0.05, 0.1) is 31.0 Å². The van der Waals surface area contributed by atoms with E-state index < -0.39 is 18.0 Å². The van der Waals surface area contributed by atoms with Crippen LogP contribution in [0.15, 0.2) is 78.4 Å². The molecule has 0 spiro atoms. The average molecular weight is 473 g/mol. The largest absolute Gasteiger partial charge is 0.493 e. The van der Waals surface area contributed by atoms with Crippen LogP contribution >= 0.6 is 0 Å². The molecular weight excluding hydrogens is 444 g/mol. The maximum Gasteiger partial charge on any atom is 0.338 e. The molecule has 0 saturated heterocycles. The van der Waals surface area contributed by atoms with Gasteiger partial charge in [0, 0.05) is 0 Å². The van der Waals surface area contributed by atoms with Crippen LogP contribution in [-0.2, 0) is 16.1 Å². The Bertz CT molecular complexity index is 1240. The SMILES string of the molecule is CCOC(=O)C1=C(c2ccccc2)NC(=O)NC1c1ccc(OC)c(OCc2ccc(C)cc2)c1. The molecule has 1 aliphatic heterocycles. The first-order chi connectivity index (χ1) is 17.0. The van der Waals surface area contributed by atoms with Gasteiger partial charge in [-0.05, 0) is 42.7 Å². The van der Waals surface area contributed by atoms with Crippen molar-refractivity contribution >= 4 is 17.7 Å². The highest BCUT2D eigenvalue weighted by atomic mass is 16.5. The van der Waals surface area contributed by atoms with Crippen LogP contribution in [0.2, 0.25) is 0 Å². The van der Waals surface area contributed by atoms with Gasteiger partial charge in [0.25, 0.3) is 0 Å². The van der Waals surface area contributed by atoms with E-state index in [9.17, 15) is 9.59 Å². The van der Waals surface area contributed by atoms with Crippen molar-refractivity contribution in [2.24, 2.45) is 0 Å². The lowest BCUT2D eigenvalue weighted by atomic mass is 9.92. The number of urea groups is 1. The van der Waals surface area contributed by atoms with E-state index in [-0.39, 0.29) is 6.61 Å². The molecule has 180 valence electrons. The third-order valence-electron chi connectivity index (χ3n) is 5.67. The Balaban J connectivity index is 1.74. The summed E-state index contributed by atoms with van der Waals surface area (Å²) >= 11 is 0. The molecule has 0 saturated carbocycles. The number of esters is 1. The highest BCUT2D eigenvalue weighted by molar-refractivity contribution is 6.04. The normalized spacial score (nSPS) is 15.2. The van der Waals surface area contributed by atoms with Crippen molar-refractivity contribution in [3.63, 3.8) is 0 Å². The molecule has 35 heavy (non-hydrogen) atoms. The Kier molecular flexibility index (Phi) is 7.35. The molecule has 7 nitrogen and oxygen atoms in total. The minimum atomic E-state index is -0.745. The Morgan fingerprint density at radius 1 is 0.971 bits per heavy atom. The summed E-state index contributed by atoms with van der Waals surface area (Å²) in [5.74, 6) is 0.538. The van der Waals surface area contributed by atoms with Crippen molar-refractivity contribution in [2.75, 3.05) is 13.7 Å². The van der Waals surface area contributed by atoms with Crippen molar-refractivity contribution in [3.8, 4) is 11.5 Å². The smallest absolute Gasteiger partial charge is 0.338 e. The number of amides is 2. The number of hydrogen-bond acceptors (Lipinski definition) is 5. The molecule has 1 atom stereocenters. The lowest BCUT2D eigenvalue weighted by molar-refractivity contribution is -0.138. The van der Waals surface area contributed by atoms with Crippen molar-refractivity contribution in [1.82, 2.24) is 10.6 Å². The summed E-state index contributed by atoms with van der Waals surface area (Å²) in [6, 6.07) is 21.5. The fourth-order valence-electron chi connectivity index (χ4n) is 3.91. The van der Waals surface area contributed by atoms with Crippen LogP contribution in [-0.4, -0.2) is 25.7 Å². The number of carbonyl (C=O) groups excluding carboxylic acids is 2. The first-order valence-corrected chi connectivity index (χ1v) is 11.4. The predicted octanol–water partition coefficient (Wildman–Crippen LogP) is 4.91. The summed E-state index contributed by atoms with van der Waals surface area (Å²) in [6.45, 7) is 4.32. The van der Waals surface area contributed by atoms with Gasteiger partial charge in [0.1, 0.15) is 6.61 Å². The third-order valence-corrected chi connectivity index (χ3v) is 5.67. The van der Waals surface area contributed by atoms with E-state index in [2.05, 4.69) is 10.6 Å². The number of nitrogens with one attached hydrogen (secondary N) is 2. The van der Waals surface area contributed by atoms with E-state index in [1.165, 1.54) is 5.56 Å². The van der Waals surface area contributed by atoms with Gasteiger partial charge in [-0.15, -0.1) is 0 Å². The summed E-state index contributed by atoms with van der Waals surface area (Å²) in [5, 5.41) is 5.64. The third kappa shape index (κ3) is 5.46. The zero-order valence-electron chi connectivity index (χ0n) is 20.0. The molecule has 3 aromatic rings. The van der Waals surface area contributed by atoms with Crippen LogP contribution in [0.25, 0.3) is 5.70 Å². The van der Waals surface area contributed by atoms with Gasteiger partial charge in [-0.1, -0.05) is 66.2 Å². The highest BCUT2D eigenvalue weighted by Crippen LogP contribution is 2.36. The number of ether oxygens (including phenoxy) is 3. The minimum absolute atomic E-state index is 0.207. The zero-order valence-corrected chi connectivity index (χ0v) is 20.0. The lowest BCUT2D eigenvalue weighted by Gasteiger charge is -2.30. The van der Waals surface area contributed by atoms with Crippen LogP contribution in [0, 0.1) is 6.92 Å². The molecule has 3 aromatic carbocycles. The Morgan fingerprint density at radius 3 is 2.40 bits per heavy atom. The molecule has 1 unspecified atom stereocenters. The zero-order chi connectivity index (χ0) is 24.8. The van der Waals surface area contributed by atoms with Gasteiger partial charge >= 0.3 is 12.0 Å². The standard InChI is InChI=1S/C28H28N2O5/c1-4-34-27(31)24-25(20-8-6-5-7-9-20)29-28(32)30-26(24)21-14-15-22(33-3)23(16-21)35-17-19-12-10-18(2)11-13-19/h5-16,26H,4,17H2,1-3H3,(H2,29,30,32). The number of carbonyl (C=O) groups is 2. The fraction of sp³-hybridized carbons (Fsp3) is 0.214. The summed E-state index contributed by atoms with van der Waals surface area (Å²) < 4.78 is 16.9. The van der Waals surface area contributed by atoms with Crippen LogP contribution in [0.4, 0.5) is 4.79 Å². The second-order valence-electron chi connectivity index (χ2n) is 8.09. The fourth-order valence-corrected chi connectivity index (χ4v) is 3.91. The Morgan fingerprint density at radius 2 is 1.71 bits per heavy atom. The molecule has 2 N–H and O–H groups in total. The number of methoxy groups -OCH3 is 1. The van der Waals surface area contributed by atoms with Crippen molar-refractivity contribution in [3.05, 3.63) is 101 Å². The van der Waals surface area contributed by atoms with Crippen LogP contribution in [0.1, 0.15) is 35.2 Å². The van der Waals surface area contributed by atoms with Crippen LogP contribution in [0.5, 0.6) is 11.5 Å². The maximum absolute atomic E-state index is 13.1. The second-order valence-corrected chi connectivity index (χ2v) is 8.09. The first-order valence-electron chi connectivity index (χ1n) is 11.4. The van der Waals surface area contributed by atoms with Gasteiger partial charge in [-0.3, -0.25) is 0 Å². The highest BCUT2D eigenvalue weighted by Gasteiger charge is 2.34. The van der Waals surface area contributed by atoms with Crippen molar-refractivity contribution < 1.29 is 23.8 Å². The molecule has 0 radical (unpaired) electrons. The average Bonchev–Trinajstić information content (AvgIpc) is 2.88. The molecule has 0 bridgehead atoms. The number of aryl methyl sites for hydroxylation is 1. The molecule has 2 amide bonds. The van der Waals surface area contributed by atoms with Gasteiger partial charge in [-0.25, -0.2) is 9.59 Å². The topological polar surface area (TPSA) is 85.9 Å². The van der Waals surface area contributed by atoms with E-state index in [0.717, 1.165) is 5.56 Å². The molecule has 0 aliphatic carbocycles.